The highest BCUT2D eigenvalue weighted by Crippen LogP contribution is 2.34. The normalized spacial score (nSPS) is 18.6. The van der Waals surface area contributed by atoms with E-state index in [1.165, 1.54) is 25.5 Å². The zero-order valence-corrected chi connectivity index (χ0v) is 11.4. The molecule has 0 heterocycles. The third kappa shape index (κ3) is 7.23. The number of rotatable bonds is 9. The van der Waals surface area contributed by atoms with Crippen molar-refractivity contribution in [3.05, 3.63) is 0 Å². The lowest BCUT2D eigenvalue weighted by atomic mass is 10.1. The van der Waals surface area contributed by atoms with E-state index < -0.39 is 9.84 Å². The van der Waals surface area contributed by atoms with Crippen molar-refractivity contribution in [1.29, 1.82) is 0 Å². The molecule has 1 aliphatic rings. The van der Waals surface area contributed by atoms with Crippen LogP contribution in [0, 0.1) is 5.92 Å². The molecule has 0 aromatic carbocycles. The van der Waals surface area contributed by atoms with Crippen molar-refractivity contribution >= 4 is 9.84 Å². The second-order valence-electron chi connectivity index (χ2n) is 5.10. The summed E-state index contributed by atoms with van der Waals surface area (Å²) in [5, 5.41) is 3.53. The number of nitrogens with one attached hydrogen (secondary N) is 1. The Morgan fingerprint density at radius 2 is 2.06 bits per heavy atom. The molecule has 0 aromatic rings. The highest BCUT2D eigenvalue weighted by molar-refractivity contribution is 7.90. The van der Waals surface area contributed by atoms with E-state index in [0.29, 0.717) is 11.8 Å². The van der Waals surface area contributed by atoms with E-state index in [2.05, 4.69) is 12.2 Å². The fraction of sp³-hybridized carbons (Fsp3) is 1.00. The van der Waals surface area contributed by atoms with Crippen LogP contribution in [0.15, 0.2) is 0 Å². The molecule has 1 unspecified atom stereocenters. The molecule has 0 saturated heterocycles. The van der Waals surface area contributed by atoms with E-state index in [0.717, 1.165) is 31.7 Å². The van der Waals surface area contributed by atoms with Crippen LogP contribution in [0.3, 0.4) is 0 Å². The first kappa shape index (κ1) is 14.0. The minimum atomic E-state index is -2.78. The van der Waals surface area contributed by atoms with E-state index in [4.69, 9.17) is 0 Å². The Morgan fingerprint density at radius 1 is 1.38 bits per heavy atom. The van der Waals surface area contributed by atoms with Gasteiger partial charge in [0, 0.05) is 18.1 Å². The van der Waals surface area contributed by atoms with Crippen molar-refractivity contribution in [2.24, 2.45) is 5.92 Å². The number of hydrogen-bond donors (Lipinski definition) is 1. The Labute approximate surface area is 99.9 Å². The SMILES string of the molecule is CCCNC(CCCS(C)(=O)=O)CC1CC1. The summed E-state index contributed by atoms with van der Waals surface area (Å²) in [4.78, 5) is 0. The minimum absolute atomic E-state index is 0.335. The molecule has 4 heteroatoms. The van der Waals surface area contributed by atoms with Crippen LogP contribution >= 0.6 is 0 Å². The van der Waals surface area contributed by atoms with Gasteiger partial charge >= 0.3 is 0 Å². The molecule has 1 saturated carbocycles. The standard InChI is InChI=1S/C12H25NO2S/c1-3-8-13-12(10-11-6-7-11)5-4-9-16(2,14)15/h11-13H,3-10H2,1-2H3. The average molecular weight is 247 g/mol. The van der Waals surface area contributed by atoms with E-state index in [1.54, 1.807) is 0 Å². The molecule has 3 nitrogen and oxygen atoms in total. The van der Waals surface area contributed by atoms with Crippen molar-refractivity contribution in [1.82, 2.24) is 5.32 Å². The Kier molecular flexibility index (Phi) is 5.76. The van der Waals surface area contributed by atoms with Crippen molar-refractivity contribution < 1.29 is 8.42 Å². The first-order valence-electron chi connectivity index (χ1n) is 6.42. The van der Waals surface area contributed by atoms with Gasteiger partial charge in [0.2, 0.25) is 0 Å². The summed E-state index contributed by atoms with van der Waals surface area (Å²) in [6, 6.07) is 0.536. The molecule has 0 aliphatic heterocycles. The molecule has 0 aromatic heterocycles. The summed E-state index contributed by atoms with van der Waals surface area (Å²) < 4.78 is 22.1. The summed E-state index contributed by atoms with van der Waals surface area (Å²) in [5.74, 6) is 1.25. The highest BCUT2D eigenvalue weighted by Gasteiger charge is 2.25. The van der Waals surface area contributed by atoms with Gasteiger partial charge in [0.05, 0.1) is 0 Å². The Hall–Kier alpha value is -0.0900. The van der Waals surface area contributed by atoms with Crippen LogP contribution in [0.5, 0.6) is 0 Å². The molecule has 1 rings (SSSR count). The Morgan fingerprint density at radius 3 is 2.56 bits per heavy atom. The zero-order chi connectivity index (χ0) is 12.0. The summed E-state index contributed by atoms with van der Waals surface area (Å²) in [7, 11) is -2.78. The largest absolute Gasteiger partial charge is 0.314 e. The van der Waals surface area contributed by atoms with Gasteiger partial charge in [0.15, 0.2) is 0 Å². The van der Waals surface area contributed by atoms with Gasteiger partial charge in [0.1, 0.15) is 9.84 Å². The Balaban J connectivity index is 2.19. The molecule has 1 aliphatic carbocycles. The van der Waals surface area contributed by atoms with Gasteiger partial charge in [-0.2, -0.15) is 0 Å². The molecular weight excluding hydrogens is 222 g/mol. The Bertz CT molecular complexity index is 283. The first-order chi connectivity index (χ1) is 7.51. The lowest BCUT2D eigenvalue weighted by molar-refractivity contribution is 0.429. The van der Waals surface area contributed by atoms with Crippen molar-refractivity contribution in [3.63, 3.8) is 0 Å². The average Bonchev–Trinajstić information content (AvgIpc) is 2.95. The van der Waals surface area contributed by atoms with E-state index in [-0.39, 0.29) is 0 Å². The summed E-state index contributed by atoms with van der Waals surface area (Å²) >= 11 is 0. The topological polar surface area (TPSA) is 46.2 Å². The third-order valence-electron chi connectivity index (χ3n) is 3.07. The molecule has 0 radical (unpaired) electrons. The van der Waals surface area contributed by atoms with Gasteiger partial charge in [-0.05, 0) is 38.1 Å². The number of sulfone groups is 1. The predicted molar refractivity (Wildman–Crippen MR) is 68.4 cm³/mol. The minimum Gasteiger partial charge on any atom is -0.314 e. The molecule has 1 N–H and O–H groups in total. The second-order valence-corrected chi connectivity index (χ2v) is 7.36. The molecule has 1 fully saturated rings. The van der Waals surface area contributed by atoms with E-state index in [9.17, 15) is 8.42 Å². The van der Waals surface area contributed by atoms with Crippen LogP contribution in [0.2, 0.25) is 0 Å². The monoisotopic (exact) mass is 247 g/mol. The van der Waals surface area contributed by atoms with Crippen molar-refractivity contribution in [2.45, 2.75) is 51.5 Å². The van der Waals surface area contributed by atoms with Gasteiger partial charge < -0.3 is 5.32 Å². The van der Waals surface area contributed by atoms with Crippen molar-refractivity contribution in [2.75, 3.05) is 18.6 Å². The maximum atomic E-state index is 11.0. The first-order valence-corrected chi connectivity index (χ1v) is 8.48. The number of hydrogen-bond acceptors (Lipinski definition) is 3. The van der Waals surface area contributed by atoms with Crippen LogP contribution in [-0.2, 0) is 9.84 Å². The van der Waals surface area contributed by atoms with E-state index >= 15 is 0 Å². The maximum absolute atomic E-state index is 11.0. The zero-order valence-electron chi connectivity index (χ0n) is 10.5. The summed E-state index contributed by atoms with van der Waals surface area (Å²) in [6.45, 7) is 3.22. The highest BCUT2D eigenvalue weighted by atomic mass is 32.2. The molecule has 0 amide bonds. The van der Waals surface area contributed by atoms with Gasteiger partial charge in [-0.15, -0.1) is 0 Å². The molecule has 0 spiro atoms. The molecule has 1 atom stereocenters. The summed E-state index contributed by atoms with van der Waals surface area (Å²) in [5.41, 5.74) is 0. The maximum Gasteiger partial charge on any atom is 0.147 e. The molecule has 96 valence electrons. The fourth-order valence-electron chi connectivity index (χ4n) is 2.00. The smallest absolute Gasteiger partial charge is 0.147 e. The van der Waals surface area contributed by atoms with Gasteiger partial charge in [-0.3, -0.25) is 0 Å². The quantitative estimate of drug-likeness (QED) is 0.677. The third-order valence-corrected chi connectivity index (χ3v) is 4.10. The van der Waals surface area contributed by atoms with Crippen LogP contribution in [0.4, 0.5) is 0 Å². The van der Waals surface area contributed by atoms with E-state index in [1.807, 2.05) is 0 Å². The molecular formula is C12H25NO2S. The predicted octanol–water partition coefficient (Wildman–Crippen LogP) is 1.98. The lowest BCUT2D eigenvalue weighted by Crippen LogP contribution is -2.30. The van der Waals surface area contributed by atoms with Crippen LogP contribution in [-0.4, -0.2) is 33.0 Å². The van der Waals surface area contributed by atoms with Crippen LogP contribution in [0.25, 0.3) is 0 Å². The molecule has 0 bridgehead atoms. The van der Waals surface area contributed by atoms with Gasteiger partial charge in [-0.25, -0.2) is 8.42 Å². The summed E-state index contributed by atoms with van der Waals surface area (Å²) in [6.07, 6.45) is 8.25. The van der Waals surface area contributed by atoms with Crippen LogP contribution < -0.4 is 5.32 Å². The fourth-order valence-corrected chi connectivity index (χ4v) is 2.69. The lowest BCUT2D eigenvalue weighted by Gasteiger charge is -2.17. The second kappa shape index (κ2) is 6.60. The van der Waals surface area contributed by atoms with Crippen LogP contribution in [0.1, 0.15) is 45.4 Å². The van der Waals surface area contributed by atoms with Crippen molar-refractivity contribution in [3.8, 4) is 0 Å². The molecule has 16 heavy (non-hydrogen) atoms. The van der Waals surface area contributed by atoms with Gasteiger partial charge in [-0.1, -0.05) is 19.8 Å². The van der Waals surface area contributed by atoms with Gasteiger partial charge in [0.25, 0.3) is 0 Å².